The molecule has 0 atom stereocenters. The van der Waals surface area contributed by atoms with Crippen LogP contribution >= 0.6 is 0 Å². The Morgan fingerprint density at radius 3 is 2.53 bits per heavy atom. The Balaban J connectivity index is 3.46. The first-order chi connectivity index (χ1) is 6.97. The number of aromatic hydroxyl groups is 1. The summed E-state index contributed by atoms with van der Waals surface area (Å²) in [7, 11) is 0. The average molecular weight is 211 g/mol. The monoisotopic (exact) mass is 211 g/mol. The lowest BCUT2D eigenvalue weighted by Gasteiger charge is -2.06. The van der Waals surface area contributed by atoms with E-state index in [0.717, 1.165) is 19.1 Å². The first kappa shape index (κ1) is 11.1. The second kappa shape index (κ2) is 4.05. The Bertz CT molecular complexity index is 449. The van der Waals surface area contributed by atoms with Gasteiger partial charge in [0.15, 0.2) is 5.78 Å². The number of benzene rings is 1. The molecule has 0 bridgehead atoms. The van der Waals surface area contributed by atoms with E-state index >= 15 is 0 Å². The van der Waals surface area contributed by atoms with E-state index in [0.29, 0.717) is 0 Å². The highest BCUT2D eigenvalue weighted by molar-refractivity contribution is 5.99. The lowest BCUT2D eigenvalue weighted by Crippen LogP contribution is -1.99. The largest absolute Gasteiger partial charge is 0.507 e. The third-order valence-electron chi connectivity index (χ3n) is 1.86. The number of Topliss-reactive ketones (excluding diaryl/α,β-unsaturated/α-hetero) is 1. The van der Waals surface area contributed by atoms with Crippen LogP contribution in [0.4, 0.5) is 8.78 Å². The first-order valence-electron chi connectivity index (χ1n) is 4.03. The molecule has 1 N–H and O–H groups in total. The molecule has 1 aromatic rings. The van der Waals surface area contributed by atoms with Gasteiger partial charge in [-0.1, -0.05) is 0 Å². The minimum atomic E-state index is -2.79. The van der Waals surface area contributed by atoms with Crippen molar-refractivity contribution in [2.45, 2.75) is 13.3 Å². The van der Waals surface area contributed by atoms with Gasteiger partial charge in [0.25, 0.3) is 6.43 Å². The first-order valence-corrected chi connectivity index (χ1v) is 4.03. The van der Waals surface area contributed by atoms with Gasteiger partial charge in [-0.2, -0.15) is 5.26 Å². The van der Waals surface area contributed by atoms with Gasteiger partial charge in [0.05, 0.1) is 11.1 Å². The molecule has 0 amide bonds. The maximum absolute atomic E-state index is 12.3. The zero-order valence-electron chi connectivity index (χ0n) is 7.79. The quantitative estimate of drug-likeness (QED) is 0.764. The van der Waals surface area contributed by atoms with Crippen LogP contribution in [0, 0.1) is 11.3 Å². The van der Waals surface area contributed by atoms with Crippen LogP contribution in [0.2, 0.25) is 0 Å². The predicted molar refractivity (Wildman–Crippen MR) is 47.8 cm³/mol. The number of nitrogens with zero attached hydrogens (tertiary/aromatic N) is 1. The van der Waals surface area contributed by atoms with E-state index in [-0.39, 0.29) is 11.1 Å². The predicted octanol–water partition coefficient (Wildman–Crippen LogP) is 2.40. The molecule has 3 nitrogen and oxygen atoms in total. The summed E-state index contributed by atoms with van der Waals surface area (Å²) in [6.07, 6.45) is -2.79. The van der Waals surface area contributed by atoms with Gasteiger partial charge in [0.1, 0.15) is 11.8 Å². The van der Waals surface area contributed by atoms with Crippen LogP contribution in [0.3, 0.4) is 0 Å². The number of carbonyl (C=O) groups excluding carboxylic acids is 1. The molecule has 0 fully saturated rings. The molecule has 1 aromatic carbocycles. The summed E-state index contributed by atoms with van der Waals surface area (Å²) in [5.74, 6) is -1.12. The topological polar surface area (TPSA) is 61.1 Å². The molecule has 0 spiro atoms. The van der Waals surface area contributed by atoms with Crippen molar-refractivity contribution < 1.29 is 18.7 Å². The number of hydrogen-bond acceptors (Lipinski definition) is 3. The number of alkyl halides is 2. The maximum atomic E-state index is 12.3. The molecule has 1 rings (SSSR count). The van der Waals surface area contributed by atoms with Gasteiger partial charge < -0.3 is 5.11 Å². The molecule has 0 saturated carbocycles. The molecule has 0 radical (unpaired) electrons. The Kier molecular flexibility index (Phi) is 3.00. The standard InChI is InChI=1S/C10H7F2NO2/c1-5(14)9-7(4-13)2-6(10(11)12)3-8(9)15/h2-3,10,15H,1H3. The van der Waals surface area contributed by atoms with Crippen molar-refractivity contribution in [3.8, 4) is 11.8 Å². The van der Waals surface area contributed by atoms with E-state index in [4.69, 9.17) is 5.26 Å². The molecule has 15 heavy (non-hydrogen) atoms. The van der Waals surface area contributed by atoms with Crippen molar-refractivity contribution in [2.75, 3.05) is 0 Å². The molecule has 5 heteroatoms. The minimum absolute atomic E-state index is 0.220. The zero-order chi connectivity index (χ0) is 11.6. The van der Waals surface area contributed by atoms with E-state index in [1.807, 2.05) is 0 Å². The number of phenols is 1. The molecule has 78 valence electrons. The molecular weight excluding hydrogens is 204 g/mol. The summed E-state index contributed by atoms with van der Waals surface area (Å²) >= 11 is 0. The van der Waals surface area contributed by atoms with Crippen LogP contribution in [0.5, 0.6) is 5.75 Å². The van der Waals surface area contributed by atoms with Crippen molar-refractivity contribution in [1.82, 2.24) is 0 Å². The molecule has 0 aromatic heterocycles. The second-order valence-corrected chi connectivity index (χ2v) is 2.93. The van der Waals surface area contributed by atoms with E-state index in [2.05, 4.69) is 0 Å². The maximum Gasteiger partial charge on any atom is 0.264 e. The number of ketones is 1. The van der Waals surface area contributed by atoms with E-state index in [1.165, 1.54) is 0 Å². The van der Waals surface area contributed by atoms with E-state index in [1.54, 1.807) is 6.07 Å². The zero-order valence-corrected chi connectivity index (χ0v) is 7.79. The summed E-state index contributed by atoms with van der Waals surface area (Å²) in [5, 5.41) is 18.0. The van der Waals surface area contributed by atoms with Crippen molar-refractivity contribution in [2.24, 2.45) is 0 Å². The van der Waals surface area contributed by atoms with Gasteiger partial charge in [0, 0.05) is 5.56 Å². The van der Waals surface area contributed by atoms with Gasteiger partial charge in [-0.05, 0) is 19.1 Å². The van der Waals surface area contributed by atoms with Gasteiger partial charge >= 0.3 is 0 Å². The molecule has 0 aliphatic rings. The number of hydrogen-bond donors (Lipinski definition) is 1. The highest BCUT2D eigenvalue weighted by Gasteiger charge is 2.17. The van der Waals surface area contributed by atoms with Gasteiger partial charge in [-0.25, -0.2) is 8.78 Å². The number of halogens is 2. The fourth-order valence-corrected chi connectivity index (χ4v) is 1.23. The number of rotatable bonds is 2. The minimum Gasteiger partial charge on any atom is -0.507 e. The van der Waals surface area contributed by atoms with Crippen LogP contribution < -0.4 is 0 Å². The van der Waals surface area contributed by atoms with Gasteiger partial charge in [0.2, 0.25) is 0 Å². The third kappa shape index (κ3) is 2.10. The third-order valence-corrected chi connectivity index (χ3v) is 1.86. The Labute approximate surface area is 84.6 Å². The highest BCUT2D eigenvalue weighted by Crippen LogP contribution is 2.29. The van der Waals surface area contributed by atoms with Crippen LogP contribution in [0.1, 0.15) is 34.8 Å². The van der Waals surface area contributed by atoms with Crippen LogP contribution in [-0.2, 0) is 0 Å². The molecule has 0 unspecified atom stereocenters. The van der Waals surface area contributed by atoms with E-state index in [9.17, 15) is 18.7 Å². The number of nitriles is 1. The summed E-state index contributed by atoms with van der Waals surface area (Å²) < 4.78 is 24.6. The Morgan fingerprint density at radius 1 is 1.53 bits per heavy atom. The summed E-state index contributed by atoms with van der Waals surface area (Å²) in [6, 6.07) is 3.30. The highest BCUT2D eigenvalue weighted by atomic mass is 19.3. The Morgan fingerprint density at radius 2 is 2.13 bits per heavy atom. The molecule has 0 aliphatic heterocycles. The summed E-state index contributed by atoms with van der Waals surface area (Å²) in [4.78, 5) is 11.0. The Hall–Kier alpha value is -1.96. The van der Waals surface area contributed by atoms with Crippen molar-refractivity contribution in [3.05, 3.63) is 28.8 Å². The second-order valence-electron chi connectivity index (χ2n) is 2.93. The van der Waals surface area contributed by atoms with Crippen LogP contribution in [0.15, 0.2) is 12.1 Å². The summed E-state index contributed by atoms with van der Waals surface area (Å²) in [6.45, 7) is 1.15. The fourth-order valence-electron chi connectivity index (χ4n) is 1.23. The van der Waals surface area contributed by atoms with Crippen molar-refractivity contribution in [1.29, 1.82) is 5.26 Å². The van der Waals surface area contributed by atoms with Crippen molar-refractivity contribution in [3.63, 3.8) is 0 Å². The lowest BCUT2D eigenvalue weighted by molar-refractivity contribution is 0.101. The fraction of sp³-hybridized carbons (Fsp3) is 0.200. The lowest BCUT2D eigenvalue weighted by atomic mass is 10.0. The normalized spacial score (nSPS) is 10.1. The average Bonchev–Trinajstić information content (AvgIpc) is 2.15. The summed E-state index contributed by atoms with van der Waals surface area (Å²) in [5.41, 5.74) is -0.936. The molecule has 0 saturated heterocycles. The van der Waals surface area contributed by atoms with E-state index < -0.39 is 23.5 Å². The number of phenolic OH excluding ortho intramolecular Hbond substituents is 1. The van der Waals surface area contributed by atoms with Crippen molar-refractivity contribution >= 4 is 5.78 Å². The smallest absolute Gasteiger partial charge is 0.264 e. The molecule has 0 heterocycles. The molecule has 0 aliphatic carbocycles. The SMILES string of the molecule is CC(=O)c1c(O)cc(C(F)F)cc1C#N. The molecular formula is C10H7F2NO2. The van der Waals surface area contributed by atoms with Crippen LogP contribution in [-0.4, -0.2) is 10.9 Å². The van der Waals surface area contributed by atoms with Gasteiger partial charge in [-0.15, -0.1) is 0 Å². The van der Waals surface area contributed by atoms with Gasteiger partial charge in [-0.3, -0.25) is 4.79 Å². The van der Waals surface area contributed by atoms with Crippen LogP contribution in [0.25, 0.3) is 0 Å². The number of carbonyl (C=O) groups is 1.